The number of amides is 1. The molecule has 19 heavy (non-hydrogen) atoms. The summed E-state index contributed by atoms with van der Waals surface area (Å²) >= 11 is 0. The minimum Gasteiger partial charge on any atom is -0.388 e. The molecule has 1 atom stereocenters. The van der Waals surface area contributed by atoms with Crippen LogP contribution in [0.25, 0.3) is 0 Å². The van der Waals surface area contributed by atoms with Gasteiger partial charge in [-0.1, -0.05) is 0 Å². The highest BCUT2D eigenvalue weighted by Crippen LogP contribution is 2.14. The summed E-state index contributed by atoms with van der Waals surface area (Å²) < 4.78 is 1.20. The Morgan fingerprint density at radius 1 is 1.68 bits per heavy atom. The Balaban J connectivity index is 2.71. The molecule has 1 aromatic rings. The molecule has 0 aliphatic carbocycles. The normalized spacial score (nSPS) is 13.1. The summed E-state index contributed by atoms with van der Waals surface area (Å²) in [6.07, 6.45) is 2.28. The number of nitro groups is 1. The van der Waals surface area contributed by atoms with E-state index in [2.05, 4.69) is 5.10 Å². The number of hydrogen-bond acceptors (Lipinski definition) is 5. The first kappa shape index (κ1) is 15.1. The van der Waals surface area contributed by atoms with E-state index in [9.17, 15) is 20.0 Å². The molecule has 1 unspecified atom stereocenters. The molecule has 0 bridgehead atoms. The van der Waals surface area contributed by atoms with E-state index in [4.69, 9.17) is 0 Å². The second-order valence-corrected chi connectivity index (χ2v) is 4.99. The lowest BCUT2D eigenvalue weighted by molar-refractivity contribution is -0.385. The first-order chi connectivity index (χ1) is 8.62. The van der Waals surface area contributed by atoms with Crippen molar-refractivity contribution in [1.29, 1.82) is 0 Å². The average Bonchev–Trinajstić information content (AvgIpc) is 2.74. The molecule has 0 spiro atoms. The van der Waals surface area contributed by atoms with Gasteiger partial charge in [-0.25, -0.2) is 0 Å². The number of aliphatic hydroxyl groups is 1. The molecule has 1 heterocycles. The van der Waals surface area contributed by atoms with E-state index < -0.39 is 10.5 Å². The van der Waals surface area contributed by atoms with E-state index >= 15 is 0 Å². The minimum atomic E-state index is -1.03. The van der Waals surface area contributed by atoms with Crippen LogP contribution in [0, 0.1) is 10.1 Å². The minimum absolute atomic E-state index is 0.106. The molecular weight excluding hydrogens is 252 g/mol. The predicted molar refractivity (Wildman–Crippen MR) is 67.4 cm³/mol. The van der Waals surface area contributed by atoms with Gasteiger partial charge in [0, 0.05) is 7.05 Å². The van der Waals surface area contributed by atoms with Gasteiger partial charge in [0.15, 0.2) is 0 Å². The van der Waals surface area contributed by atoms with E-state index in [1.165, 1.54) is 15.8 Å². The van der Waals surface area contributed by atoms with Crippen LogP contribution in [0.3, 0.4) is 0 Å². The van der Waals surface area contributed by atoms with Crippen LogP contribution in [0.15, 0.2) is 12.4 Å². The first-order valence-corrected chi connectivity index (χ1v) is 5.78. The average molecular weight is 270 g/mol. The third kappa shape index (κ3) is 3.75. The number of carbonyl (C=O) groups excluding carboxylic acids is 1. The van der Waals surface area contributed by atoms with Crippen LogP contribution >= 0.6 is 0 Å². The van der Waals surface area contributed by atoms with Crippen molar-refractivity contribution in [2.24, 2.45) is 0 Å². The van der Waals surface area contributed by atoms with Crippen molar-refractivity contribution < 1.29 is 14.8 Å². The Morgan fingerprint density at radius 2 is 2.26 bits per heavy atom. The maximum absolute atomic E-state index is 12.0. The third-order valence-electron chi connectivity index (χ3n) is 3.12. The zero-order valence-electron chi connectivity index (χ0n) is 11.4. The van der Waals surface area contributed by atoms with E-state index in [0.717, 1.165) is 6.20 Å². The molecule has 8 nitrogen and oxygen atoms in total. The van der Waals surface area contributed by atoms with E-state index in [-0.39, 0.29) is 24.2 Å². The molecule has 1 amide bonds. The zero-order valence-corrected chi connectivity index (χ0v) is 11.4. The summed E-state index contributed by atoms with van der Waals surface area (Å²) in [6, 6.07) is -0.384. The molecule has 0 aromatic carbocycles. The van der Waals surface area contributed by atoms with Gasteiger partial charge in [-0.05, 0) is 20.8 Å². The molecule has 1 rings (SSSR count). The molecule has 0 aliphatic heterocycles. The van der Waals surface area contributed by atoms with Gasteiger partial charge in [-0.3, -0.25) is 19.6 Å². The van der Waals surface area contributed by atoms with Crippen LogP contribution in [0.5, 0.6) is 0 Å². The number of nitrogens with zero attached hydrogens (tertiary/aromatic N) is 4. The highest BCUT2D eigenvalue weighted by molar-refractivity contribution is 5.76. The highest BCUT2D eigenvalue weighted by atomic mass is 16.6. The summed E-state index contributed by atoms with van der Waals surface area (Å²) in [6.45, 7) is 4.84. The molecule has 0 aliphatic rings. The number of aromatic nitrogens is 2. The zero-order chi connectivity index (χ0) is 14.8. The van der Waals surface area contributed by atoms with Crippen LogP contribution in [-0.2, 0) is 11.3 Å². The van der Waals surface area contributed by atoms with Crippen molar-refractivity contribution in [1.82, 2.24) is 14.7 Å². The number of hydrogen-bond donors (Lipinski definition) is 1. The molecular formula is C11H18N4O4. The molecule has 0 saturated heterocycles. The Bertz CT molecular complexity index is 477. The molecule has 8 heteroatoms. The Kier molecular flexibility index (Phi) is 4.25. The lowest BCUT2D eigenvalue weighted by atomic mass is 9.99. The van der Waals surface area contributed by atoms with Crippen molar-refractivity contribution in [3.05, 3.63) is 22.5 Å². The van der Waals surface area contributed by atoms with Gasteiger partial charge in [-0.15, -0.1) is 0 Å². The van der Waals surface area contributed by atoms with Crippen molar-refractivity contribution in [2.75, 3.05) is 7.05 Å². The summed E-state index contributed by atoms with van der Waals surface area (Å²) in [7, 11) is 1.57. The monoisotopic (exact) mass is 270 g/mol. The van der Waals surface area contributed by atoms with Gasteiger partial charge in [0.25, 0.3) is 0 Å². The number of carbonyl (C=O) groups is 1. The van der Waals surface area contributed by atoms with E-state index in [0.29, 0.717) is 0 Å². The van der Waals surface area contributed by atoms with Crippen LogP contribution < -0.4 is 0 Å². The second-order valence-electron chi connectivity index (χ2n) is 4.99. The van der Waals surface area contributed by atoms with Gasteiger partial charge < -0.3 is 10.0 Å². The van der Waals surface area contributed by atoms with Crippen LogP contribution in [0.2, 0.25) is 0 Å². The van der Waals surface area contributed by atoms with Gasteiger partial charge >= 0.3 is 5.69 Å². The standard InChI is InChI=1S/C11H18N4O4/c1-8(11(2,3)17)13(4)10(16)7-14-6-9(5-12-14)15(18)19/h5-6,8,17H,7H2,1-4H3. The lowest BCUT2D eigenvalue weighted by Gasteiger charge is -2.34. The van der Waals surface area contributed by atoms with Crippen LogP contribution in [0.4, 0.5) is 5.69 Å². The molecule has 0 radical (unpaired) electrons. The quantitative estimate of drug-likeness (QED) is 0.616. The Hall–Kier alpha value is -1.96. The fourth-order valence-electron chi connectivity index (χ4n) is 1.47. The topological polar surface area (TPSA) is 102 Å². The van der Waals surface area contributed by atoms with Crippen molar-refractivity contribution >= 4 is 11.6 Å². The summed E-state index contributed by atoms with van der Waals surface area (Å²) in [5.74, 6) is -0.285. The molecule has 0 saturated carbocycles. The maximum Gasteiger partial charge on any atom is 0.307 e. The fourth-order valence-corrected chi connectivity index (χ4v) is 1.47. The van der Waals surface area contributed by atoms with E-state index in [1.54, 1.807) is 27.8 Å². The van der Waals surface area contributed by atoms with Gasteiger partial charge in [0.1, 0.15) is 18.9 Å². The second kappa shape index (κ2) is 5.35. The van der Waals surface area contributed by atoms with Crippen molar-refractivity contribution in [2.45, 2.75) is 39.0 Å². The lowest BCUT2D eigenvalue weighted by Crippen LogP contribution is -2.49. The number of likely N-dealkylation sites (N-methyl/N-ethyl adjacent to an activating group) is 1. The van der Waals surface area contributed by atoms with Gasteiger partial charge in [-0.2, -0.15) is 5.10 Å². The highest BCUT2D eigenvalue weighted by Gasteiger charge is 2.29. The smallest absolute Gasteiger partial charge is 0.307 e. The fraction of sp³-hybridized carbons (Fsp3) is 0.636. The summed E-state index contributed by atoms with van der Waals surface area (Å²) in [5.41, 5.74) is -1.19. The largest absolute Gasteiger partial charge is 0.388 e. The first-order valence-electron chi connectivity index (χ1n) is 5.78. The Morgan fingerprint density at radius 3 is 2.68 bits per heavy atom. The van der Waals surface area contributed by atoms with E-state index in [1.807, 2.05) is 0 Å². The molecule has 1 aromatic heterocycles. The maximum atomic E-state index is 12.0. The van der Waals surface area contributed by atoms with Gasteiger partial charge in [0.05, 0.1) is 16.6 Å². The molecule has 106 valence electrons. The van der Waals surface area contributed by atoms with Crippen molar-refractivity contribution in [3.8, 4) is 0 Å². The van der Waals surface area contributed by atoms with Crippen molar-refractivity contribution in [3.63, 3.8) is 0 Å². The molecule has 0 fully saturated rings. The summed E-state index contributed by atoms with van der Waals surface area (Å²) in [4.78, 5) is 23.3. The SMILES string of the molecule is CC(N(C)C(=O)Cn1cc([N+](=O)[O-])cn1)C(C)(C)O. The third-order valence-corrected chi connectivity index (χ3v) is 3.12. The molecule has 1 N–H and O–H groups in total. The summed E-state index contributed by atoms with van der Waals surface area (Å²) in [5, 5.41) is 24.1. The van der Waals surface area contributed by atoms with Crippen LogP contribution in [-0.4, -0.2) is 49.3 Å². The van der Waals surface area contributed by atoms with Gasteiger partial charge in [0.2, 0.25) is 5.91 Å². The Labute approximate surface area is 110 Å². The number of rotatable bonds is 5. The van der Waals surface area contributed by atoms with Crippen LogP contribution in [0.1, 0.15) is 20.8 Å². The predicted octanol–water partition coefficient (Wildman–Crippen LogP) is 0.409.